The number of rotatable bonds is 23. The van der Waals surface area contributed by atoms with E-state index in [1.165, 1.54) is 18.4 Å². The first-order valence-corrected chi connectivity index (χ1v) is 21.4. The van der Waals surface area contributed by atoms with Gasteiger partial charge in [-0.3, -0.25) is 4.18 Å². The molecule has 0 aliphatic carbocycles. The molecule has 5 aromatic carbocycles. The number of ether oxygens (including phenoxy) is 6. The molecule has 294 valence electrons. The van der Waals surface area contributed by atoms with E-state index < -0.39 is 20.0 Å². The highest BCUT2D eigenvalue weighted by molar-refractivity contribution is 7.90. The van der Waals surface area contributed by atoms with E-state index in [1.807, 2.05) is 61.5 Å². The SMILES string of the molecule is CCCCOc1ccc2c(Oc3ccc(OCCOCCOCCOCCOS(=O)(=O)c4ccc(C)cc4)cc3)c(-c3ccc(S(C)(=O)=O)cc3)ccc2c1. The zero-order chi connectivity index (χ0) is 39.1. The summed E-state index contributed by atoms with van der Waals surface area (Å²) in [5.41, 5.74) is 2.60. The van der Waals surface area contributed by atoms with Gasteiger partial charge in [-0.05, 0) is 97.1 Å². The predicted octanol–water partition coefficient (Wildman–Crippen LogP) is 8.02. The van der Waals surface area contributed by atoms with Crippen LogP contribution in [-0.4, -0.2) is 82.6 Å². The second kappa shape index (κ2) is 20.4. The molecule has 0 bridgehead atoms. The van der Waals surface area contributed by atoms with Crippen molar-refractivity contribution < 1.29 is 49.4 Å². The van der Waals surface area contributed by atoms with Gasteiger partial charge in [0.05, 0.1) is 62.6 Å². The molecule has 0 fully saturated rings. The largest absolute Gasteiger partial charge is 0.494 e. The van der Waals surface area contributed by atoms with Gasteiger partial charge >= 0.3 is 0 Å². The maximum atomic E-state index is 12.2. The molecule has 0 saturated heterocycles. The monoisotopic (exact) mass is 792 g/mol. The molecule has 11 nitrogen and oxygen atoms in total. The van der Waals surface area contributed by atoms with Crippen LogP contribution in [0.4, 0.5) is 0 Å². The van der Waals surface area contributed by atoms with Gasteiger partial charge in [-0.1, -0.05) is 49.2 Å². The molecule has 55 heavy (non-hydrogen) atoms. The summed E-state index contributed by atoms with van der Waals surface area (Å²) in [6.07, 6.45) is 3.21. The van der Waals surface area contributed by atoms with E-state index in [-0.39, 0.29) is 23.0 Å². The Hall–Kier alpha value is -4.50. The molecule has 0 radical (unpaired) electrons. The van der Waals surface area contributed by atoms with Crippen LogP contribution in [0.3, 0.4) is 0 Å². The molecule has 0 saturated carbocycles. The Bertz CT molecular complexity index is 2170. The van der Waals surface area contributed by atoms with Gasteiger partial charge in [0, 0.05) is 17.2 Å². The smallest absolute Gasteiger partial charge is 0.297 e. The molecule has 0 heterocycles. The Morgan fingerprint density at radius 2 is 1.11 bits per heavy atom. The maximum absolute atomic E-state index is 12.2. The summed E-state index contributed by atoms with van der Waals surface area (Å²) in [4.78, 5) is 0.365. The molecule has 5 rings (SSSR count). The number of sulfone groups is 1. The minimum absolute atomic E-state index is 0.0816. The zero-order valence-electron chi connectivity index (χ0n) is 31.4. The normalized spacial score (nSPS) is 11.8. The Kier molecular flexibility index (Phi) is 15.5. The topological polar surface area (TPSA) is 133 Å². The molecule has 0 aliphatic heterocycles. The molecular weight excluding hydrogens is 745 g/mol. The number of fused-ring (bicyclic) bond motifs is 1. The molecule has 0 atom stereocenters. The standard InChI is InChI=1S/C42H48O11S2/c1-4-5-22-50-37-15-21-41-34(31-37)10-20-40(33-8-18-38(19-9-33)54(3,43)44)42(41)53-36-13-11-35(12-14-36)51-29-27-48-25-23-47-24-26-49-28-30-52-55(45,46)39-16-6-32(2)7-17-39/h6-21,31H,4-5,22-30H2,1-3H3. The first kappa shape index (κ1) is 41.7. The van der Waals surface area contributed by atoms with E-state index in [4.69, 9.17) is 32.6 Å². The van der Waals surface area contributed by atoms with Crippen molar-refractivity contribution in [3.05, 3.63) is 109 Å². The van der Waals surface area contributed by atoms with Crippen LogP contribution >= 0.6 is 0 Å². The van der Waals surface area contributed by atoms with E-state index in [2.05, 4.69) is 6.92 Å². The van der Waals surface area contributed by atoms with E-state index in [0.29, 0.717) is 63.5 Å². The van der Waals surface area contributed by atoms with Crippen molar-refractivity contribution in [1.82, 2.24) is 0 Å². The van der Waals surface area contributed by atoms with E-state index >= 15 is 0 Å². The molecule has 0 aromatic heterocycles. The minimum atomic E-state index is -3.81. The van der Waals surface area contributed by atoms with Crippen LogP contribution < -0.4 is 14.2 Å². The molecule has 0 amide bonds. The summed E-state index contributed by atoms with van der Waals surface area (Å²) in [5, 5.41) is 1.84. The van der Waals surface area contributed by atoms with Crippen molar-refractivity contribution in [3.8, 4) is 34.1 Å². The van der Waals surface area contributed by atoms with Crippen molar-refractivity contribution >= 4 is 30.7 Å². The Morgan fingerprint density at radius 1 is 0.545 bits per heavy atom. The summed E-state index contributed by atoms with van der Waals surface area (Å²) >= 11 is 0. The number of unbranched alkanes of at least 4 members (excludes halogenated alkanes) is 1. The number of benzene rings is 5. The lowest BCUT2D eigenvalue weighted by Crippen LogP contribution is -2.15. The van der Waals surface area contributed by atoms with E-state index in [0.717, 1.165) is 46.1 Å². The van der Waals surface area contributed by atoms with Crippen LogP contribution in [0, 0.1) is 6.92 Å². The van der Waals surface area contributed by atoms with Crippen LogP contribution in [0.15, 0.2) is 113 Å². The van der Waals surface area contributed by atoms with Crippen molar-refractivity contribution in [2.24, 2.45) is 0 Å². The molecule has 0 N–H and O–H groups in total. The fourth-order valence-corrected chi connectivity index (χ4v) is 6.90. The summed E-state index contributed by atoms with van der Waals surface area (Å²) in [6.45, 7) is 6.79. The molecule has 0 unspecified atom stereocenters. The van der Waals surface area contributed by atoms with Crippen LogP contribution in [0.1, 0.15) is 25.3 Å². The van der Waals surface area contributed by atoms with Crippen LogP contribution in [0.25, 0.3) is 21.9 Å². The fraction of sp³-hybridized carbons (Fsp3) is 0.333. The summed E-state index contributed by atoms with van der Waals surface area (Å²) in [7, 11) is -7.14. The average Bonchev–Trinajstić information content (AvgIpc) is 3.17. The summed E-state index contributed by atoms with van der Waals surface area (Å²) in [5.74, 6) is 2.69. The lowest BCUT2D eigenvalue weighted by atomic mass is 9.99. The Balaban J connectivity index is 1.05. The lowest BCUT2D eigenvalue weighted by Gasteiger charge is -2.16. The van der Waals surface area contributed by atoms with Gasteiger partial charge in [-0.25, -0.2) is 8.42 Å². The third kappa shape index (κ3) is 12.8. The first-order valence-electron chi connectivity index (χ1n) is 18.1. The van der Waals surface area contributed by atoms with Crippen LogP contribution in [-0.2, 0) is 38.3 Å². The number of hydrogen-bond donors (Lipinski definition) is 0. The maximum Gasteiger partial charge on any atom is 0.297 e. The molecular formula is C42H48O11S2. The lowest BCUT2D eigenvalue weighted by molar-refractivity contribution is 0.00528. The second-order valence-corrected chi connectivity index (χ2v) is 16.3. The highest BCUT2D eigenvalue weighted by Gasteiger charge is 2.16. The highest BCUT2D eigenvalue weighted by Crippen LogP contribution is 2.41. The van der Waals surface area contributed by atoms with Gasteiger partial charge in [0.15, 0.2) is 9.84 Å². The van der Waals surface area contributed by atoms with Gasteiger partial charge in [0.1, 0.15) is 29.6 Å². The van der Waals surface area contributed by atoms with Crippen molar-refractivity contribution in [1.29, 1.82) is 0 Å². The Labute approximate surface area is 324 Å². The quantitative estimate of drug-likeness (QED) is 0.0471. The van der Waals surface area contributed by atoms with Gasteiger partial charge < -0.3 is 28.4 Å². The van der Waals surface area contributed by atoms with E-state index in [1.54, 1.807) is 36.4 Å². The van der Waals surface area contributed by atoms with Crippen molar-refractivity contribution in [2.75, 3.05) is 65.7 Å². The van der Waals surface area contributed by atoms with Crippen molar-refractivity contribution in [3.63, 3.8) is 0 Å². The number of hydrogen-bond acceptors (Lipinski definition) is 11. The zero-order valence-corrected chi connectivity index (χ0v) is 33.0. The highest BCUT2D eigenvalue weighted by atomic mass is 32.2. The molecule has 13 heteroatoms. The third-order valence-electron chi connectivity index (χ3n) is 8.36. The fourth-order valence-electron chi connectivity index (χ4n) is 5.38. The van der Waals surface area contributed by atoms with Crippen molar-refractivity contribution in [2.45, 2.75) is 36.5 Å². The molecule has 5 aromatic rings. The van der Waals surface area contributed by atoms with Crippen LogP contribution in [0.2, 0.25) is 0 Å². The van der Waals surface area contributed by atoms with E-state index in [9.17, 15) is 16.8 Å². The van der Waals surface area contributed by atoms with Gasteiger partial charge in [0.2, 0.25) is 0 Å². The first-order chi connectivity index (χ1) is 26.5. The second-order valence-electron chi connectivity index (χ2n) is 12.7. The van der Waals surface area contributed by atoms with Gasteiger partial charge in [-0.15, -0.1) is 0 Å². The Morgan fingerprint density at radius 3 is 1.75 bits per heavy atom. The molecule has 0 spiro atoms. The number of aryl methyl sites for hydroxylation is 1. The van der Waals surface area contributed by atoms with Gasteiger partial charge in [-0.2, -0.15) is 8.42 Å². The minimum Gasteiger partial charge on any atom is -0.494 e. The molecule has 0 aliphatic rings. The third-order valence-corrected chi connectivity index (χ3v) is 10.8. The summed E-state index contributed by atoms with van der Waals surface area (Å²) < 4.78 is 88.3. The summed E-state index contributed by atoms with van der Waals surface area (Å²) in [6, 6.07) is 30.5. The predicted molar refractivity (Wildman–Crippen MR) is 212 cm³/mol. The van der Waals surface area contributed by atoms with Crippen LogP contribution in [0.5, 0.6) is 23.0 Å². The van der Waals surface area contributed by atoms with Gasteiger partial charge in [0.25, 0.3) is 10.1 Å². The average molecular weight is 793 g/mol.